The highest BCUT2D eigenvalue weighted by Crippen LogP contribution is 2.24. The van der Waals surface area contributed by atoms with E-state index in [1.165, 1.54) is 11.1 Å². The first-order chi connectivity index (χ1) is 6.50. The van der Waals surface area contributed by atoms with E-state index in [9.17, 15) is 0 Å². The molecule has 1 unspecified atom stereocenters. The van der Waals surface area contributed by atoms with Crippen LogP contribution in [0.2, 0.25) is 0 Å². The van der Waals surface area contributed by atoms with E-state index in [0.29, 0.717) is 0 Å². The Balaban J connectivity index is 3.05. The number of allylic oxidation sites excluding steroid dienone is 1. The van der Waals surface area contributed by atoms with E-state index in [1.54, 1.807) is 0 Å². The molecule has 2 N–H and O–H groups in total. The number of halogens is 1. The van der Waals surface area contributed by atoms with Crippen LogP contribution >= 0.6 is 15.9 Å². The lowest BCUT2D eigenvalue weighted by Crippen LogP contribution is -2.08. The Bertz CT molecular complexity index is 351. The summed E-state index contributed by atoms with van der Waals surface area (Å²) in [5, 5.41) is 0. The van der Waals surface area contributed by atoms with Crippen molar-refractivity contribution in [3.63, 3.8) is 0 Å². The third-order valence-corrected chi connectivity index (χ3v) is 2.75. The molecule has 1 atom stereocenters. The third kappa shape index (κ3) is 2.96. The van der Waals surface area contributed by atoms with E-state index in [2.05, 4.69) is 54.9 Å². The molecule has 0 spiro atoms. The number of benzene rings is 1. The molecule has 2 heteroatoms. The molecule has 1 aromatic carbocycles. The van der Waals surface area contributed by atoms with Gasteiger partial charge in [0.05, 0.1) is 0 Å². The van der Waals surface area contributed by atoms with Gasteiger partial charge in [-0.3, -0.25) is 0 Å². The Labute approximate surface area is 94.1 Å². The van der Waals surface area contributed by atoms with Crippen molar-refractivity contribution in [2.45, 2.75) is 26.8 Å². The zero-order chi connectivity index (χ0) is 10.7. The van der Waals surface area contributed by atoms with Crippen LogP contribution < -0.4 is 5.73 Å². The third-order valence-electron chi connectivity index (χ3n) is 2.02. The van der Waals surface area contributed by atoms with Crippen LogP contribution in [0.1, 0.15) is 31.0 Å². The average Bonchev–Trinajstić information content (AvgIpc) is 2.08. The van der Waals surface area contributed by atoms with Gasteiger partial charge in [0.1, 0.15) is 0 Å². The summed E-state index contributed by atoms with van der Waals surface area (Å²) >= 11 is 3.51. The number of rotatable bonds is 2. The van der Waals surface area contributed by atoms with E-state index in [0.717, 1.165) is 10.0 Å². The fourth-order valence-electron chi connectivity index (χ4n) is 1.37. The van der Waals surface area contributed by atoms with Crippen molar-refractivity contribution in [2.75, 3.05) is 0 Å². The van der Waals surface area contributed by atoms with Crippen LogP contribution in [0.3, 0.4) is 0 Å². The largest absolute Gasteiger partial charge is 0.321 e. The van der Waals surface area contributed by atoms with Gasteiger partial charge >= 0.3 is 0 Å². The Morgan fingerprint density at radius 1 is 1.43 bits per heavy atom. The van der Waals surface area contributed by atoms with Gasteiger partial charge < -0.3 is 5.73 Å². The van der Waals surface area contributed by atoms with Crippen molar-refractivity contribution in [3.8, 4) is 0 Å². The second-order valence-electron chi connectivity index (χ2n) is 3.79. The van der Waals surface area contributed by atoms with Crippen LogP contribution in [-0.2, 0) is 0 Å². The topological polar surface area (TPSA) is 26.0 Å². The van der Waals surface area contributed by atoms with Crippen molar-refractivity contribution in [3.05, 3.63) is 45.4 Å². The molecule has 0 bridgehead atoms. The molecule has 0 aromatic heterocycles. The summed E-state index contributed by atoms with van der Waals surface area (Å²) in [6.45, 7) is 6.19. The molecule has 0 saturated heterocycles. The van der Waals surface area contributed by atoms with E-state index >= 15 is 0 Å². The number of nitrogens with two attached hydrogens (primary N) is 1. The van der Waals surface area contributed by atoms with Gasteiger partial charge in [0.25, 0.3) is 0 Å². The van der Waals surface area contributed by atoms with Gasteiger partial charge in [0.2, 0.25) is 0 Å². The highest BCUT2D eigenvalue weighted by atomic mass is 79.9. The molecule has 0 aliphatic rings. The monoisotopic (exact) mass is 253 g/mol. The molecule has 1 aromatic rings. The highest BCUT2D eigenvalue weighted by molar-refractivity contribution is 9.10. The molecule has 14 heavy (non-hydrogen) atoms. The number of hydrogen-bond acceptors (Lipinski definition) is 1. The maximum absolute atomic E-state index is 6.06. The summed E-state index contributed by atoms with van der Waals surface area (Å²) in [6.07, 6.45) is 2.07. The summed E-state index contributed by atoms with van der Waals surface area (Å²) in [5.74, 6) is 0. The van der Waals surface area contributed by atoms with Crippen LogP contribution in [0.5, 0.6) is 0 Å². The molecule has 0 aliphatic heterocycles. The Morgan fingerprint density at radius 3 is 2.64 bits per heavy atom. The van der Waals surface area contributed by atoms with Gasteiger partial charge in [-0.05, 0) is 32.4 Å². The average molecular weight is 254 g/mol. The van der Waals surface area contributed by atoms with Gasteiger partial charge in [-0.1, -0.05) is 45.3 Å². The van der Waals surface area contributed by atoms with Crippen LogP contribution in [0.4, 0.5) is 0 Å². The molecule has 0 aliphatic carbocycles. The molecule has 0 saturated carbocycles. The maximum Gasteiger partial charge on any atom is 0.0494 e. The lowest BCUT2D eigenvalue weighted by molar-refractivity contribution is 0.891. The minimum Gasteiger partial charge on any atom is -0.321 e. The summed E-state index contributed by atoms with van der Waals surface area (Å²) < 4.78 is 1.08. The van der Waals surface area contributed by atoms with Gasteiger partial charge in [0, 0.05) is 10.5 Å². The molecule has 0 radical (unpaired) electrons. The van der Waals surface area contributed by atoms with Crippen molar-refractivity contribution < 1.29 is 0 Å². The number of aryl methyl sites for hydroxylation is 1. The summed E-state index contributed by atoms with van der Waals surface area (Å²) in [5.41, 5.74) is 9.68. The van der Waals surface area contributed by atoms with Crippen molar-refractivity contribution >= 4 is 15.9 Å². The molecule has 76 valence electrons. The lowest BCUT2D eigenvalue weighted by atomic mass is 10.0. The zero-order valence-electron chi connectivity index (χ0n) is 8.84. The van der Waals surface area contributed by atoms with Gasteiger partial charge in [-0.15, -0.1) is 0 Å². The molecule has 1 rings (SSSR count). The van der Waals surface area contributed by atoms with E-state index in [4.69, 9.17) is 5.73 Å². The Hall–Kier alpha value is -0.600. The molecule has 0 amide bonds. The highest BCUT2D eigenvalue weighted by Gasteiger charge is 2.06. The van der Waals surface area contributed by atoms with Crippen molar-refractivity contribution in [2.24, 2.45) is 5.73 Å². The van der Waals surface area contributed by atoms with Crippen LogP contribution in [0, 0.1) is 6.92 Å². The second-order valence-corrected chi connectivity index (χ2v) is 4.65. The molecular weight excluding hydrogens is 238 g/mol. The van der Waals surface area contributed by atoms with E-state index < -0.39 is 0 Å². The molecular formula is C12H16BrN. The first-order valence-electron chi connectivity index (χ1n) is 4.67. The lowest BCUT2D eigenvalue weighted by Gasteiger charge is -2.11. The van der Waals surface area contributed by atoms with Gasteiger partial charge in [-0.2, -0.15) is 0 Å². The number of hydrogen-bond donors (Lipinski definition) is 1. The second kappa shape index (κ2) is 4.76. The predicted molar refractivity (Wildman–Crippen MR) is 65.2 cm³/mol. The van der Waals surface area contributed by atoms with E-state index in [-0.39, 0.29) is 6.04 Å². The fraction of sp³-hybridized carbons (Fsp3) is 0.333. The minimum atomic E-state index is -0.0192. The van der Waals surface area contributed by atoms with Crippen molar-refractivity contribution in [1.82, 2.24) is 0 Å². The van der Waals surface area contributed by atoms with Gasteiger partial charge in [0.15, 0.2) is 0 Å². The van der Waals surface area contributed by atoms with E-state index in [1.807, 2.05) is 6.07 Å². The fourth-order valence-corrected chi connectivity index (χ4v) is 1.88. The zero-order valence-corrected chi connectivity index (χ0v) is 10.4. The predicted octanol–water partition coefficient (Wildman–Crippen LogP) is 3.72. The molecule has 1 nitrogen and oxygen atoms in total. The summed E-state index contributed by atoms with van der Waals surface area (Å²) in [6, 6.07) is 6.22. The van der Waals surface area contributed by atoms with Crippen LogP contribution in [-0.4, -0.2) is 0 Å². The molecule has 0 heterocycles. The standard InChI is InChI=1S/C12H16BrN/c1-8(2)6-12(14)10-7-9(3)4-5-11(10)13/h4-7,12H,14H2,1-3H3. The van der Waals surface area contributed by atoms with Crippen LogP contribution in [0.15, 0.2) is 34.3 Å². The molecule has 0 fully saturated rings. The maximum atomic E-state index is 6.06. The Kier molecular flexibility index (Phi) is 3.90. The Morgan fingerprint density at radius 2 is 2.07 bits per heavy atom. The van der Waals surface area contributed by atoms with Gasteiger partial charge in [-0.25, -0.2) is 0 Å². The summed E-state index contributed by atoms with van der Waals surface area (Å²) in [4.78, 5) is 0. The summed E-state index contributed by atoms with van der Waals surface area (Å²) in [7, 11) is 0. The van der Waals surface area contributed by atoms with Crippen LogP contribution in [0.25, 0.3) is 0 Å². The quantitative estimate of drug-likeness (QED) is 0.799. The van der Waals surface area contributed by atoms with Crippen molar-refractivity contribution in [1.29, 1.82) is 0 Å². The normalized spacial score (nSPS) is 12.4. The first kappa shape index (κ1) is 11.5. The first-order valence-corrected chi connectivity index (χ1v) is 5.46. The minimum absolute atomic E-state index is 0.0192. The SMILES string of the molecule is CC(C)=CC(N)c1cc(C)ccc1Br. The smallest absolute Gasteiger partial charge is 0.0494 e.